The molecule has 1 aromatic rings. The minimum atomic E-state index is 0. The first-order valence-corrected chi connectivity index (χ1v) is 8.52. The van der Waals surface area contributed by atoms with Crippen molar-refractivity contribution in [1.29, 1.82) is 0 Å². The molecule has 0 aromatic carbocycles. The van der Waals surface area contributed by atoms with E-state index in [0.29, 0.717) is 6.04 Å². The Hall–Kier alpha value is -1.08. The number of anilines is 1. The Morgan fingerprint density at radius 1 is 1.20 bits per heavy atom. The minimum absolute atomic E-state index is 0. The highest BCUT2D eigenvalue weighted by atomic mass is 35.5. The first-order chi connectivity index (χ1) is 11.1. The summed E-state index contributed by atoms with van der Waals surface area (Å²) in [6.07, 6.45) is 3.81. The molecule has 0 saturated carbocycles. The average molecular weight is 390 g/mol. The molecule has 3 heterocycles. The fourth-order valence-electron chi connectivity index (χ4n) is 3.32. The Morgan fingerprint density at radius 2 is 1.84 bits per heavy atom. The maximum Gasteiger partial charge on any atom is 0.254 e. The highest BCUT2D eigenvalue weighted by molar-refractivity contribution is 5.94. The van der Waals surface area contributed by atoms with E-state index in [9.17, 15) is 4.79 Å². The van der Waals surface area contributed by atoms with E-state index in [4.69, 9.17) is 0 Å². The van der Waals surface area contributed by atoms with Crippen molar-refractivity contribution >= 4 is 36.5 Å². The van der Waals surface area contributed by atoms with Gasteiger partial charge in [-0.25, -0.2) is 4.98 Å². The van der Waals surface area contributed by atoms with Crippen molar-refractivity contribution in [3.63, 3.8) is 0 Å². The summed E-state index contributed by atoms with van der Waals surface area (Å²) in [7, 11) is 4.06. The molecule has 142 valence electrons. The summed E-state index contributed by atoms with van der Waals surface area (Å²) in [6, 6.07) is 4.12. The molecule has 25 heavy (non-hydrogen) atoms. The van der Waals surface area contributed by atoms with Crippen LogP contribution in [0.1, 0.15) is 23.2 Å². The van der Waals surface area contributed by atoms with Gasteiger partial charge in [0.1, 0.15) is 5.82 Å². The van der Waals surface area contributed by atoms with Gasteiger partial charge in [-0.2, -0.15) is 0 Å². The number of pyridine rings is 1. The van der Waals surface area contributed by atoms with E-state index in [1.54, 1.807) is 6.20 Å². The Balaban J connectivity index is 0.00000156. The summed E-state index contributed by atoms with van der Waals surface area (Å²) in [5.41, 5.74) is 0.745. The predicted octanol–water partition coefficient (Wildman–Crippen LogP) is 1.50. The number of nitrogens with zero attached hydrogens (tertiary/aromatic N) is 4. The van der Waals surface area contributed by atoms with Gasteiger partial charge in [-0.15, -0.1) is 24.8 Å². The number of carbonyl (C=O) groups is 1. The van der Waals surface area contributed by atoms with E-state index >= 15 is 0 Å². The smallest absolute Gasteiger partial charge is 0.254 e. The maximum absolute atomic E-state index is 12.8. The lowest BCUT2D eigenvalue weighted by molar-refractivity contribution is 0.0703. The van der Waals surface area contributed by atoms with Gasteiger partial charge < -0.3 is 20.0 Å². The van der Waals surface area contributed by atoms with Crippen molar-refractivity contribution in [2.45, 2.75) is 18.9 Å². The lowest BCUT2D eigenvalue weighted by Gasteiger charge is -2.34. The van der Waals surface area contributed by atoms with Crippen LogP contribution in [0, 0.1) is 0 Å². The molecule has 0 radical (unpaired) electrons. The number of likely N-dealkylation sites (N-methyl/N-ethyl adjacent to an activating group) is 1. The molecule has 0 bridgehead atoms. The number of nitrogens with one attached hydrogen (secondary N) is 1. The molecule has 2 aliphatic heterocycles. The number of hydrogen-bond acceptors (Lipinski definition) is 5. The third kappa shape index (κ3) is 5.45. The molecule has 1 N–H and O–H groups in total. The first-order valence-electron chi connectivity index (χ1n) is 8.52. The standard InChI is InChI=1S/C17H27N5O.2ClH/c1-20-9-11-22(12-10-20)16-13-14(3-8-19-16)17(23)21(2)15-4-6-18-7-5-15;;/h3,8,13,15,18H,4-7,9-12H2,1-2H3;2*1H. The third-order valence-corrected chi connectivity index (χ3v) is 5.00. The number of hydrogen-bond donors (Lipinski definition) is 1. The SMILES string of the molecule is CN1CCN(c2cc(C(=O)N(C)C3CCNCC3)ccn2)CC1.Cl.Cl. The minimum Gasteiger partial charge on any atom is -0.354 e. The van der Waals surface area contributed by atoms with Crippen LogP contribution in [-0.2, 0) is 0 Å². The number of piperidine rings is 1. The van der Waals surface area contributed by atoms with Crippen LogP contribution < -0.4 is 10.2 Å². The van der Waals surface area contributed by atoms with E-state index in [1.165, 1.54) is 0 Å². The topological polar surface area (TPSA) is 51.7 Å². The van der Waals surface area contributed by atoms with Gasteiger partial charge in [0.2, 0.25) is 0 Å². The number of carbonyl (C=O) groups excluding carboxylic acids is 1. The fourth-order valence-corrected chi connectivity index (χ4v) is 3.32. The van der Waals surface area contributed by atoms with E-state index in [-0.39, 0.29) is 30.7 Å². The quantitative estimate of drug-likeness (QED) is 0.848. The molecule has 0 atom stereocenters. The Kier molecular flexibility index (Phi) is 8.93. The second kappa shape index (κ2) is 10.2. The van der Waals surface area contributed by atoms with E-state index < -0.39 is 0 Å². The molecule has 1 amide bonds. The molecule has 1 aromatic heterocycles. The van der Waals surface area contributed by atoms with Gasteiger partial charge in [0.15, 0.2) is 0 Å². The number of aromatic nitrogens is 1. The highest BCUT2D eigenvalue weighted by Gasteiger charge is 2.24. The average Bonchev–Trinajstić information content (AvgIpc) is 2.62. The number of halogens is 2. The van der Waals surface area contributed by atoms with Gasteiger partial charge >= 0.3 is 0 Å². The zero-order valence-corrected chi connectivity index (χ0v) is 16.6. The summed E-state index contributed by atoms with van der Waals surface area (Å²) in [5, 5.41) is 3.35. The monoisotopic (exact) mass is 389 g/mol. The van der Waals surface area contributed by atoms with E-state index in [1.807, 2.05) is 24.1 Å². The summed E-state index contributed by atoms with van der Waals surface area (Å²) < 4.78 is 0. The van der Waals surface area contributed by atoms with Crippen LogP contribution in [0.5, 0.6) is 0 Å². The molecular formula is C17H29Cl2N5O. The molecule has 3 rings (SSSR count). The van der Waals surface area contributed by atoms with Gasteiger partial charge in [0.05, 0.1) is 0 Å². The predicted molar refractivity (Wildman–Crippen MR) is 106 cm³/mol. The largest absolute Gasteiger partial charge is 0.354 e. The summed E-state index contributed by atoms with van der Waals surface area (Å²) in [4.78, 5) is 23.7. The molecule has 2 aliphatic rings. The Labute approximate surface area is 162 Å². The molecule has 0 unspecified atom stereocenters. The van der Waals surface area contributed by atoms with Crippen LogP contribution in [0.3, 0.4) is 0 Å². The Morgan fingerprint density at radius 3 is 2.48 bits per heavy atom. The zero-order chi connectivity index (χ0) is 16.2. The molecule has 8 heteroatoms. The van der Waals surface area contributed by atoms with E-state index in [2.05, 4.69) is 27.1 Å². The lowest BCUT2D eigenvalue weighted by atomic mass is 10.0. The number of amides is 1. The van der Waals surface area contributed by atoms with Crippen LogP contribution in [0.2, 0.25) is 0 Å². The molecule has 2 fully saturated rings. The van der Waals surface area contributed by atoms with Gasteiger partial charge in [-0.1, -0.05) is 0 Å². The van der Waals surface area contributed by atoms with Crippen molar-refractivity contribution in [1.82, 2.24) is 20.1 Å². The highest BCUT2D eigenvalue weighted by Crippen LogP contribution is 2.18. The van der Waals surface area contributed by atoms with Crippen molar-refractivity contribution < 1.29 is 4.79 Å². The van der Waals surface area contributed by atoms with Crippen LogP contribution in [0.15, 0.2) is 18.3 Å². The lowest BCUT2D eigenvalue weighted by Crippen LogP contribution is -2.45. The van der Waals surface area contributed by atoms with Gasteiger partial charge in [-0.3, -0.25) is 4.79 Å². The molecule has 0 spiro atoms. The molecule has 6 nitrogen and oxygen atoms in total. The third-order valence-electron chi connectivity index (χ3n) is 5.00. The Bertz CT molecular complexity index is 546. The summed E-state index contributed by atoms with van der Waals surface area (Å²) in [5.74, 6) is 1.03. The normalized spacial score (nSPS) is 18.9. The van der Waals surface area contributed by atoms with Crippen molar-refractivity contribution in [2.75, 3.05) is 58.3 Å². The molecule has 2 saturated heterocycles. The van der Waals surface area contributed by atoms with Gasteiger partial charge in [0.25, 0.3) is 5.91 Å². The second-order valence-electron chi connectivity index (χ2n) is 6.59. The second-order valence-corrected chi connectivity index (χ2v) is 6.59. The van der Waals surface area contributed by atoms with Crippen molar-refractivity contribution in [2.24, 2.45) is 0 Å². The van der Waals surface area contributed by atoms with Crippen molar-refractivity contribution in [3.8, 4) is 0 Å². The summed E-state index contributed by atoms with van der Waals surface area (Å²) >= 11 is 0. The van der Waals surface area contributed by atoms with Crippen molar-refractivity contribution in [3.05, 3.63) is 23.9 Å². The number of piperazine rings is 1. The first kappa shape index (κ1) is 22.0. The number of rotatable bonds is 3. The fraction of sp³-hybridized carbons (Fsp3) is 0.647. The van der Waals surface area contributed by atoms with Crippen LogP contribution in [0.4, 0.5) is 5.82 Å². The molecule has 0 aliphatic carbocycles. The molecular weight excluding hydrogens is 361 g/mol. The van der Waals surface area contributed by atoms with Gasteiger partial charge in [-0.05, 0) is 45.1 Å². The zero-order valence-electron chi connectivity index (χ0n) is 15.0. The van der Waals surface area contributed by atoms with Crippen LogP contribution in [-0.4, -0.2) is 80.1 Å². The van der Waals surface area contributed by atoms with Crippen LogP contribution in [0.25, 0.3) is 0 Å². The van der Waals surface area contributed by atoms with E-state index in [0.717, 1.165) is 63.5 Å². The maximum atomic E-state index is 12.8. The summed E-state index contributed by atoms with van der Waals surface area (Å²) in [6.45, 7) is 5.98. The van der Waals surface area contributed by atoms with Crippen LogP contribution >= 0.6 is 24.8 Å². The van der Waals surface area contributed by atoms with Gasteiger partial charge in [0, 0.05) is 51.0 Å².